The van der Waals surface area contributed by atoms with E-state index in [0.717, 1.165) is 0 Å². The van der Waals surface area contributed by atoms with Crippen LogP contribution in [0.15, 0.2) is 21.4 Å². The van der Waals surface area contributed by atoms with Gasteiger partial charge in [-0.15, -0.1) is 10.2 Å². The van der Waals surface area contributed by atoms with Crippen molar-refractivity contribution in [3.8, 4) is 0 Å². The van der Waals surface area contributed by atoms with E-state index in [9.17, 15) is 4.79 Å². The molecule has 1 aliphatic heterocycles. The number of carbonyl (C=O) groups is 1. The molecule has 2 atom stereocenters. The van der Waals surface area contributed by atoms with E-state index in [-0.39, 0.29) is 6.04 Å². The molecule has 100 valence electrons. The predicted molar refractivity (Wildman–Crippen MR) is 59.4 cm³/mol. The van der Waals surface area contributed by atoms with Gasteiger partial charge in [-0.2, -0.15) is 0 Å². The van der Waals surface area contributed by atoms with Gasteiger partial charge in [0.25, 0.3) is 0 Å². The normalized spacial score (nSPS) is 27.3. The van der Waals surface area contributed by atoms with Gasteiger partial charge >= 0.3 is 0 Å². The molecule has 9 nitrogen and oxygen atoms in total. The first-order valence-corrected chi connectivity index (χ1v) is 5.81. The Morgan fingerprint density at radius 1 is 1.37 bits per heavy atom. The molecule has 0 aliphatic carbocycles. The van der Waals surface area contributed by atoms with Crippen molar-refractivity contribution in [2.75, 3.05) is 6.54 Å². The molecule has 2 unspecified atom stereocenters. The molecule has 2 aromatic rings. The minimum atomic E-state index is -0.938. The predicted octanol–water partition coefficient (Wildman–Crippen LogP) is -0.700. The van der Waals surface area contributed by atoms with E-state index < -0.39 is 11.3 Å². The third kappa shape index (κ3) is 1.87. The highest BCUT2D eigenvalue weighted by molar-refractivity contribution is 5.86. The Hall–Kier alpha value is -2.29. The summed E-state index contributed by atoms with van der Waals surface area (Å²) in [6.45, 7) is 0.578. The second-order valence-electron chi connectivity index (χ2n) is 4.51. The van der Waals surface area contributed by atoms with Crippen molar-refractivity contribution in [1.29, 1.82) is 0 Å². The largest absolute Gasteiger partial charge is 0.369 e. The molecule has 3 rings (SSSR count). The first-order chi connectivity index (χ1) is 9.22. The van der Waals surface area contributed by atoms with Gasteiger partial charge in [0, 0.05) is 10.5 Å². The molecule has 1 amide bonds. The number of hydrogen-bond donors (Lipinski definition) is 2. The summed E-state index contributed by atoms with van der Waals surface area (Å²) in [7, 11) is 0. The van der Waals surface area contributed by atoms with Crippen LogP contribution in [0.1, 0.15) is 30.4 Å². The van der Waals surface area contributed by atoms with E-state index in [1.807, 2.05) is 0 Å². The summed E-state index contributed by atoms with van der Waals surface area (Å²) < 4.78 is 10.1. The van der Waals surface area contributed by atoms with Crippen molar-refractivity contribution < 1.29 is 13.8 Å². The summed E-state index contributed by atoms with van der Waals surface area (Å²) in [5.41, 5.74) is 4.63. The van der Waals surface area contributed by atoms with E-state index >= 15 is 0 Å². The van der Waals surface area contributed by atoms with E-state index in [0.29, 0.717) is 30.9 Å². The van der Waals surface area contributed by atoms with Crippen LogP contribution in [0, 0.1) is 0 Å². The van der Waals surface area contributed by atoms with Crippen molar-refractivity contribution in [2.45, 2.75) is 24.3 Å². The Labute approximate surface area is 107 Å². The highest BCUT2D eigenvalue weighted by Gasteiger charge is 2.47. The van der Waals surface area contributed by atoms with Crippen LogP contribution >= 0.6 is 0 Å². The van der Waals surface area contributed by atoms with Crippen LogP contribution in [0.3, 0.4) is 0 Å². The van der Waals surface area contributed by atoms with Gasteiger partial charge in [0.1, 0.15) is 5.41 Å². The highest BCUT2D eigenvalue weighted by Crippen LogP contribution is 2.39. The summed E-state index contributed by atoms with van der Waals surface area (Å²) in [5, 5.41) is 17.3. The molecule has 0 spiro atoms. The van der Waals surface area contributed by atoms with Gasteiger partial charge in [0.15, 0.2) is 11.5 Å². The van der Waals surface area contributed by atoms with Gasteiger partial charge in [-0.25, -0.2) is 0 Å². The number of carbonyl (C=O) groups excluding carboxylic acids is 1. The molecule has 1 aliphatic rings. The molecule has 9 heteroatoms. The van der Waals surface area contributed by atoms with Gasteiger partial charge in [0.2, 0.25) is 5.91 Å². The first-order valence-electron chi connectivity index (χ1n) is 5.81. The van der Waals surface area contributed by atoms with Crippen LogP contribution in [0.4, 0.5) is 0 Å². The second kappa shape index (κ2) is 4.43. The van der Waals surface area contributed by atoms with Gasteiger partial charge < -0.3 is 20.1 Å². The zero-order valence-electron chi connectivity index (χ0n) is 9.94. The smallest absolute Gasteiger partial charge is 0.231 e. The van der Waals surface area contributed by atoms with Crippen LogP contribution in [-0.4, -0.2) is 33.2 Å². The molecular formula is C10H12N6O3. The molecule has 0 saturated carbocycles. The lowest BCUT2D eigenvalue weighted by atomic mass is 9.73. The van der Waals surface area contributed by atoms with Crippen LogP contribution in [0.2, 0.25) is 0 Å². The fraction of sp³-hybridized carbons (Fsp3) is 0.500. The number of aromatic nitrogens is 4. The Morgan fingerprint density at radius 3 is 2.79 bits per heavy atom. The summed E-state index contributed by atoms with van der Waals surface area (Å²) in [6, 6.07) is -0.207. The Morgan fingerprint density at radius 2 is 2.16 bits per heavy atom. The molecule has 1 saturated heterocycles. The molecule has 1 fully saturated rings. The molecule has 19 heavy (non-hydrogen) atoms. The third-order valence-electron chi connectivity index (χ3n) is 3.52. The number of nitrogens with zero attached hydrogens (tertiary/aromatic N) is 4. The van der Waals surface area contributed by atoms with E-state index in [1.165, 1.54) is 12.4 Å². The minimum absolute atomic E-state index is 0.207. The van der Waals surface area contributed by atoms with Crippen LogP contribution < -0.4 is 11.1 Å². The van der Waals surface area contributed by atoms with Crippen molar-refractivity contribution in [3.05, 3.63) is 23.9 Å². The summed E-state index contributed by atoms with van der Waals surface area (Å²) in [5.74, 6) is 0.460. The van der Waals surface area contributed by atoms with E-state index in [4.69, 9.17) is 14.8 Å². The lowest BCUT2D eigenvalue weighted by Gasteiger charge is -2.35. The number of primary amides is 1. The van der Waals surface area contributed by atoms with Crippen molar-refractivity contribution in [2.24, 2.45) is 5.73 Å². The van der Waals surface area contributed by atoms with Crippen molar-refractivity contribution in [3.63, 3.8) is 0 Å². The molecule has 0 aromatic carbocycles. The van der Waals surface area contributed by atoms with Gasteiger partial charge in [-0.05, 0) is 19.4 Å². The zero-order valence-corrected chi connectivity index (χ0v) is 9.94. The van der Waals surface area contributed by atoms with Crippen LogP contribution in [0.25, 0.3) is 0 Å². The maximum absolute atomic E-state index is 11.9. The number of rotatable bonds is 3. The Bertz CT molecular complexity index is 554. The molecule has 0 bridgehead atoms. The molecule has 3 heterocycles. The molecule has 2 aromatic heterocycles. The van der Waals surface area contributed by atoms with Gasteiger partial charge in [-0.1, -0.05) is 0 Å². The first kappa shape index (κ1) is 11.8. The average Bonchev–Trinajstić information content (AvgIpc) is 3.12. The zero-order chi connectivity index (χ0) is 13.3. The highest BCUT2D eigenvalue weighted by atomic mass is 16.5. The number of hydrogen-bond acceptors (Lipinski definition) is 8. The van der Waals surface area contributed by atoms with Gasteiger partial charge in [0.05, 0.1) is 18.4 Å². The topological polar surface area (TPSA) is 133 Å². The molecule has 3 N–H and O–H groups in total. The Kier molecular flexibility index (Phi) is 2.75. The monoisotopic (exact) mass is 264 g/mol. The van der Waals surface area contributed by atoms with Crippen molar-refractivity contribution >= 4 is 5.91 Å². The van der Waals surface area contributed by atoms with E-state index in [1.54, 1.807) is 0 Å². The lowest BCUT2D eigenvalue weighted by molar-refractivity contribution is -0.125. The number of amides is 1. The molecule has 0 radical (unpaired) electrons. The van der Waals surface area contributed by atoms with Crippen LogP contribution in [0.5, 0.6) is 0 Å². The SMILES string of the molecule is NC(=O)C1(c2cnno2)CCNC(c2cnno2)C1. The summed E-state index contributed by atoms with van der Waals surface area (Å²) in [6.07, 6.45) is 3.83. The van der Waals surface area contributed by atoms with E-state index in [2.05, 4.69) is 26.1 Å². The Balaban J connectivity index is 1.95. The standard InChI is InChI=1S/C10H12N6O3/c11-9(17)10(8-5-14-16-19-8)1-2-12-6(3-10)7-4-13-15-18-7/h4-6,12H,1-3H2,(H2,11,17). The summed E-state index contributed by atoms with van der Waals surface area (Å²) in [4.78, 5) is 11.9. The van der Waals surface area contributed by atoms with Crippen molar-refractivity contribution in [1.82, 2.24) is 26.1 Å². The van der Waals surface area contributed by atoms with Crippen LogP contribution in [-0.2, 0) is 10.2 Å². The van der Waals surface area contributed by atoms with Gasteiger partial charge in [-0.3, -0.25) is 4.79 Å². The fourth-order valence-electron chi connectivity index (χ4n) is 2.46. The lowest BCUT2D eigenvalue weighted by Crippen LogP contribution is -2.49. The third-order valence-corrected chi connectivity index (χ3v) is 3.52. The number of piperidine rings is 1. The fourth-order valence-corrected chi connectivity index (χ4v) is 2.46. The summed E-state index contributed by atoms with van der Waals surface area (Å²) >= 11 is 0. The maximum atomic E-state index is 11.9. The minimum Gasteiger partial charge on any atom is -0.369 e. The maximum Gasteiger partial charge on any atom is 0.231 e. The number of nitrogens with one attached hydrogen (secondary N) is 1. The quantitative estimate of drug-likeness (QED) is 0.743. The molecular weight excluding hydrogens is 252 g/mol. The second-order valence-corrected chi connectivity index (χ2v) is 4.51. The number of nitrogens with two attached hydrogens (primary N) is 1. The average molecular weight is 264 g/mol.